The van der Waals surface area contributed by atoms with Crippen molar-refractivity contribution in [1.82, 2.24) is 24.8 Å². The summed E-state index contributed by atoms with van der Waals surface area (Å²) >= 11 is 1.72. The van der Waals surface area contributed by atoms with Gasteiger partial charge in [-0.1, -0.05) is 44.2 Å². The predicted octanol–water partition coefficient (Wildman–Crippen LogP) is 3.51. The van der Waals surface area contributed by atoms with Gasteiger partial charge in [0.2, 0.25) is 11.9 Å². The standard InChI is InChI=1S/C22H29N7S/c1-16(2)19-24-21(27(3)4)26-22(25-19)29-12-10-28(11-13-29)14-18-15-30-20(23-18)17-8-6-5-7-9-17/h5-9,15-16H,10-14H2,1-4H3. The van der Waals surface area contributed by atoms with Gasteiger partial charge < -0.3 is 9.80 Å². The highest BCUT2D eigenvalue weighted by Gasteiger charge is 2.22. The van der Waals surface area contributed by atoms with Crippen molar-refractivity contribution >= 4 is 23.2 Å². The Morgan fingerprint density at radius 2 is 1.70 bits per heavy atom. The van der Waals surface area contributed by atoms with Crippen LogP contribution in [0.15, 0.2) is 35.7 Å². The molecule has 0 amide bonds. The Kier molecular flexibility index (Phi) is 6.24. The second-order valence-corrected chi connectivity index (χ2v) is 8.97. The summed E-state index contributed by atoms with van der Waals surface area (Å²) in [7, 11) is 3.94. The molecule has 0 bridgehead atoms. The molecular formula is C22H29N7S. The van der Waals surface area contributed by atoms with Crippen molar-refractivity contribution in [3.8, 4) is 10.6 Å². The number of rotatable bonds is 6. The SMILES string of the molecule is CC(C)c1nc(N(C)C)nc(N2CCN(Cc3csc(-c4ccccc4)n3)CC2)n1. The third-order valence-corrected chi connectivity index (χ3v) is 6.10. The fourth-order valence-electron chi connectivity index (χ4n) is 3.40. The second-order valence-electron chi connectivity index (χ2n) is 8.12. The third-order valence-electron chi connectivity index (χ3n) is 5.16. The molecule has 1 saturated heterocycles. The van der Waals surface area contributed by atoms with Crippen molar-refractivity contribution in [2.24, 2.45) is 0 Å². The fourth-order valence-corrected chi connectivity index (χ4v) is 4.21. The summed E-state index contributed by atoms with van der Waals surface area (Å²) in [6, 6.07) is 10.4. The van der Waals surface area contributed by atoms with Gasteiger partial charge in [0.1, 0.15) is 10.8 Å². The van der Waals surface area contributed by atoms with Gasteiger partial charge in [-0.3, -0.25) is 4.90 Å². The number of anilines is 2. The summed E-state index contributed by atoms with van der Waals surface area (Å²) in [5, 5.41) is 3.27. The predicted molar refractivity (Wildman–Crippen MR) is 123 cm³/mol. The number of aromatic nitrogens is 4. The van der Waals surface area contributed by atoms with Gasteiger partial charge in [-0.25, -0.2) is 4.98 Å². The monoisotopic (exact) mass is 423 g/mol. The van der Waals surface area contributed by atoms with Gasteiger partial charge in [-0.15, -0.1) is 11.3 Å². The van der Waals surface area contributed by atoms with E-state index in [0.29, 0.717) is 0 Å². The molecule has 3 aromatic rings. The lowest BCUT2D eigenvalue weighted by molar-refractivity contribution is 0.246. The molecule has 1 aliphatic rings. The number of benzene rings is 1. The molecular weight excluding hydrogens is 394 g/mol. The van der Waals surface area contributed by atoms with Crippen LogP contribution in [-0.4, -0.2) is 65.1 Å². The van der Waals surface area contributed by atoms with Crippen LogP contribution in [0, 0.1) is 0 Å². The first-order valence-electron chi connectivity index (χ1n) is 10.4. The highest BCUT2D eigenvalue weighted by molar-refractivity contribution is 7.13. The molecule has 0 radical (unpaired) electrons. The van der Waals surface area contributed by atoms with Crippen molar-refractivity contribution in [1.29, 1.82) is 0 Å². The van der Waals surface area contributed by atoms with Crippen molar-refractivity contribution in [3.63, 3.8) is 0 Å². The topological polar surface area (TPSA) is 61.3 Å². The van der Waals surface area contributed by atoms with Crippen molar-refractivity contribution in [2.75, 3.05) is 50.1 Å². The van der Waals surface area contributed by atoms with Gasteiger partial charge in [0.25, 0.3) is 0 Å². The molecule has 1 fully saturated rings. The van der Waals surface area contributed by atoms with Gasteiger partial charge in [0.05, 0.1) is 5.69 Å². The molecule has 0 atom stereocenters. The van der Waals surface area contributed by atoms with E-state index in [1.165, 1.54) is 5.56 Å². The summed E-state index contributed by atoms with van der Waals surface area (Å²) in [5.74, 6) is 2.64. The molecule has 0 unspecified atom stereocenters. The number of piperazine rings is 1. The molecule has 0 saturated carbocycles. The van der Waals surface area contributed by atoms with E-state index >= 15 is 0 Å². The summed E-state index contributed by atoms with van der Waals surface area (Å²) in [6.45, 7) is 8.88. The van der Waals surface area contributed by atoms with Crippen LogP contribution in [0.4, 0.5) is 11.9 Å². The molecule has 8 heteroatoms. The number of nitrogens with zero attached hydrogens (tertiary/aromatic N) is 7. The van der Waals surface area contributed by atoms with Gasteiger partial charge in [0, 0.05) is 63.7 Å². The average Bonchev–Trinajstić information content (AvgIpc) is 3.23. The largest absolute Gasteiger partial charge is 0.347 e. The van der Waals surface area contributed by atoms with E-state index in [9.17, 15) is 0 Å². The highest BCUT2D eigenvalue weighted by atomic mass is 32.1. The first kappa shape index (κ1) is 20.7. The molecule has 1 aromatic carbocycles. The van der Waals surface area contributed by atoms with Crippen molar-refractivity contribution in [3.05, 3.63) is 47.2 Å². The summed E-state index contributed by atoms with van der Waals surface area (Å²) in [4.78, 5) is 25.5. The molecule has 158 valence electrons. The van der Waals surface area contributed by atoms with Gasteiger partial charge in [-0.2, -0.15) is 15.0 Å². The summed E-state index contributed by atoms with van der Waals surface area (Å²) < 4.78 is 0. The Morgan fingerprint density at radius 1 is 0.967 bits per heavy atom. The highest BCUT2D eigenvalue weighted by Crippen LogP contribution is 2.24. The number of thiazole rings is 1. The molecule has 2 aromatic heterocycles. The maximum atomic E-state index is 4.84. The molecule has 7 nitrogen and oxygen atoms in total. The molecule has 3 heterocycles. The lowest BCUT2D eigenvalue weighted by Crippen LogP contribution is -2.46. The van der Waals surface area contributed by atoms with E-state index in [-0.39, 0.29) is 5.92 Å². The first-order chi connectivity index (χ1) is 14.5. The quantitative estimate of drug-likeness (QED) is 0.601. The van der Waals surface area contributed by atoms with Gasteiger partial charge in [0.15, 0.2) is 0 Å². The van der Waals surface area contributed by atoms with E-state index in [0.717, 1.165) is 61.1 Å². The maximum Gasteiger partial charge on any atom is 0.230 e. The molecule has 0 N–H and O–H groups in total. The minimum absolute atomic E-state index is 0.273. The van der Waals surface area contributed by atoms with Crippen LogP contribution in [0.2, 0.25) is 0 Å². The van der Waals surface area contributed by atoms with Gasteiger partial charge >= 0.3 is 0 Å². The van der Waals surface area contributed by atoms with E-state index in [2.05, 4.69) is 63.3 Å². The summed E-state index contributed by atoms with van der Waals surface area (Å²) in [6.07, 6.45) is 0. The number of hydrogen-bond donors (Lipinski definition) is 0. The van der Waals surface area contributed by atoms with Crippen LogP contribution in [-0.2, 0) is 6.54 Å². The van der Waals surface area contributed by atoms with Crippen molar-refractivity contribution < 1.29 is 0 Å². The summed E-state index contributed by atoms with van der Waals surface area (Å²) in [5.41, 5.74) is 2.33. The first-order valence-corrected chi connectivity index (χ1v) is 11.3. The van der Waals surface area contributed by atoms with Crippen LogP contribution in [0.1, 0.15) is 31.3 Å². The van der Waals surface area contributed by atoms with Crippen molar-refractivity contribution in [2.45, 2.75) is 26.3 Å². The van der Waals surface area contributed by atoms with Gasteiger partial charge in [-0.05, 0) is 0 Å². The Morgan fingerprint density at radius 3 is 2.37 bits per heavy atom. The molecule has 1 aliphatic heterocycles. The molecule has 0 aliphatic carbocycles. The minimum Gasteiger partial charge on any atom is -0.347 e. The lowest BCUT2D eigenvalue weighted by atomic mass is 10.2. The van der Waals surface area contributed by atoms with Crippen LogP contribution < -0.4 is 9.80 Å². The zero-order valence-electron chi connectivity index (χ0n) is 18.1. The van der Waals surface area contributed by atoms with E-state index < -0.39 is 0 Å². The Hall–Kier alpha value is -2.58. The fraction of sp³-hybridized carbons (Fsp3) is 0.455. The average molecular weight is 424 g/mol. The Bertz CT molecular complexity index is 936. The van der Waals surface area contributed by atoms with E-state index in [1.807, 2.05) is 25.1 Å². The van der Waals surface area contributed by atoms with Crippen LogP contribution in [0.5, 0.6) is 0 Å². The normalized spacial score (nSPS) is 15.0. The smallest absolute Gasteiger partial charge is 0.230 e. The minimum atomic E-state index is 0.273. The zero-order chi connectivity index (χ0) is 21.1. The number of hydrogen-bond acceptors (Lipinski definition) is 8. The molecule has 0 spiro atoms. The van der Waals surface area contributed by atoms with Crippen LogP contribution in [0.3, 0.4) is 0 Å². The molecule has 30 heavy (non-hydrogen) atoms. The van der Waals surface area contributed by atoms with E-state index in [1.54, 1.807) is 11.3 Å². The Labute approximate surface area is 182 Å². The maximum absolute atomic E-state index is 4.84. The molecule has 4 rings (SSSR count). The third kappa shape index (κ3) is 4.76. The zero-order valence-corrected chi connectivity index (χ0v) is 18.9. The second kappa shape index (κ2) is 9.06. The Balaban J connectivity index is 1.39. The van der Waals surface area contributed by atoms with Crippen LogP contribution in [0.25, 0.3) is 10.6 Å². The van der Waals surface area contributed by atoms with Crippen LogP contribution >= 0.6 is 11.3 Å². The van der Waals surface area contributed by atoms with E-state index in [4.69, 9.17) is 9.97 Å². The lowest BCUT2D eigenvalue weighted by Gasteiger charge is -2.34.